The van der Waals surface area contributed by atoms with Crippen molar-refractivity contribution in [1.29, 1.82) is 0 Å². The number of aryl methyl sites for hydroxylation is 1. The molecule has 2 aromatic rings. The van der Waals surface area contributed by atoms with Crippen LogP contribution in [0.4, 0.5) is 10.1 Å². The lowest BCUT2D eigenvalue weighted by molar-refractivity contribution is 0.0729. The van der Waals surface area contributed by atoms with E-state index in [2.05, 4.69) is 0 Å². The van der Waals surface area contributed by atoms with E-state index in [4.69, 9.17) is 5.73 Å². The fourth-order valence-electron chi connectivity index (χ4n) is 2.56. The van der Waals surface area contributed by atoms with Crippen LogP contribution in [0, 0.1) is 12.7 Å². The fraction of sp³-hybridized carbons (Fsp3) is 0.278. The van der Waals surface area contributed by atoms with E-state index in [-0.39, 0.29) is 17.8 Å². The molecule has 22 heavy (non-hydrogen) atoms. The van der Waals surface area contributed by atoms with Crippen LogP contribution in [-0.4, -0.2) is 16.8 Å². The number of anilines is 1. The monoisotopic (exact) mass is 298 g/mol. The summed E-state index contributed by atoms with van der Waals surface area (Å²) in [5.74, 6) is -0.267. The molecule has 114 valence electrons. The molecule has 3 rings (SSSR count). The van der Waals surface area contributed by atoms with Crippen molar-refractivity contribution in [2.24, 2.45) is 0 Å². The van der Waals surface area contributed by atoms with E-state index in [0.717, 1.165) is 24.0 Å². The maximum Gasteiger partial charge on any atom is 0.254 e. The molecule has 1 saturated carbocycles. The Morgan fingerprint density at radius 1 is 1.23 bits per heavy atom. The van der Waals surface area contributed by atoms with E-state index in [9.17, 15) is 9.18 Å². The van der Waals surface area contributed by atoms with Gasteiger partial charge in [-0.1, -0.05) is 18.2 Å². The highest BCUT2D eigenvalue weighted by atomic mass is 19.1. The summed E-state index contributed by atoms with van der Waals surface area (Å²) in [6.07, 6.45) is 2.04. The first-order valence-corrected chi connectivity index (χ1v) is 7.46. The van der Waals surface area contributed by atoms with Crippen LogP contribution in [0.15, 0.2) is 42.5 Å². The molecule has 1 amide bonds. The highest BCUT2D eigenvalue weighted by Gasteiger charge is 2.33. The van der Waals surface area contributed by atoms with Crippen molar-refractivity contribution >= 4 is 11.6 Å². The van der Waals surface area contributed by atoms with Crippen LogP contribution in [0.2, 0.25) is 0 Å². The quantitative estimate of drug-likeness (QED) is 0.878. The van der Waals surface area contributed by atoms with Gasteiger partial charge in [-0.2, -0.15) is 0 Å². The molecule has 0 aliphatic heterocycles. The van der Waals surface area contributed by atoms with Gasteiger partial charge in [0.1, 0.15) is 5.82 Å². The van der Waals surface area contributed by atoms with Crippen LogP contribution in [0.3, 0.4) is 0 Å². The second kappa shape index (κ2) is 5.79. The molecular formula is C18H19FN2O. The Labute approximate surface area is 129 Å². The zero-order valence-electron chi connectivity index (χ0n) is 12.6. The van der Waals surface area contributed by atoms with Gasteiger partial charge in [0.25, 0.3) is 5.91 Å². The first kappa shape index (κ1) is 14.6. The summed E-state index contributed by atoms with van der Waals surface area (Å²) >= 11 is 0. The topological polar surface area (TPSA) is 46.3 Å². The molecule has 0 heterocycles. The summed E-state index contributed by atoms with van der Waals surface area (Å²) in [5, 5.41) is 0. The first-order valence-electron chi connectivity index (χ1n) is 7.46. The molecule has 0 atom stereocenters. The highest BCUT2D eigenvalue weighted by Crippen LogP contribution is 2.30. The zero-order chi connectivity index (χ0) is 15.7. The third kappa shape index (κ3) is 3.11. The summed E-state index contributed by atoms with van der Waals surface area (Å²) in [6, 6.07) is 12.0. The summed E-state index contributed by atoms with van der Waals surface area (Å²) in [5.41, 5.74) is 8.90. The number of nitrogen functional groups attached to an aromatic ring is 1. The highest BCUT2D eigenvalue weighted by molar-refractivity contribution is 5.96. The van der Waals surface area contributed by atoms with Crippen molar-refractivity contribution in [2.75, 3.05) is 5.73 Å². The van der Waals surface area contributed by atoms with E-state index >= 15 is 0 Å². The number of hydrogen-bond acceptors (Lipinski definition) is 2. The predicted octanol–water partition coefficient (Wildman–Crippen LogP) is 3.52. The van der Waals surface area contributed by atoms with Gasteiger partial charge in [-0.15, -0.1) is 0 Å². The Hall–Kier alpha value is -2.36. The number of benzene rings is 2. The number of nitrogens with two attached hydrogens (primary N) is 1. The molecule has 0 spiro atoms. The average molecular weight is 298 g/mol. The van der Waals surface area contributed by atoms with Gasteiger partial charge < -0.3 is 10.6 Å². The minimum atomic E-state index is -0.264. The molecule has 4 heteroatoms. The third-order valence-corrected chi connectivity index (χ3v) is 4.01. The number of carbonyl (C=O) groups is 1. The molecular weight excluding hydrogens is 279 g/mol. The summed E-state index contributed by atoms with van der Waals surface area (Å²) in [6.45, 7) is 2.41. The number of nitrogens with zero attached hydrogens (tertiary/aromatic N) is 1. The number of halogens is 1. The van der Waals surface area contributed by atoms with Gasteiger partial charge in [-0.3, -0.25) is 4.79 Å². The SMILES string of the molecule is Cc1ccc(N)cc1C(=O)N(Cc1ccc(F)cc1)C1CC1. The van der Waals surface area contributed by atoms with Crippen molar-refractivity contribution in [1.82, 2.24) is 4.90 Å². The van der Waals surface area contributed by atoms with Crippen molar-refractivity contribution in [3.8, 4) is 0 Å². The van der Waals surface area contributed by atoms with Crippen LogP contribution in [0.25, 0.3) is 0 Å². The Morgan fingerprint density at radius 3 is 2.55 bits per heavy atom. The van der Waals surface area contributed by atoms with E-state index in [1.54, 1.807) is 24.3 Å². The molecule has 0 aromatic heterocycles. The van der Waals surface area contributed by atoms with Crippen LogP contribution in [0.5, 0.6) is 0 Å². The number of amides is 1. The van der Waals surface area contributed by atoms with Gasteiger partial charge in [0, 0.05) is 23.8 Å². The third-order valence-electron chi connectivity index (χ3n) is 4.01. The molecule has 2 aromatic carbocycles. The second-order valence-corrected chi connectivity index (χ2v) is 5.87. The first-order chi connectivity index (χ1) is 10.5. The average Bonchev–Trinajstić information content (AvgIpc) is 3.33. The minimum Gasteiger partial charge on any atom is -0.399 e. The van der Waals surface area contributed by atoms with Gasteiger partial charge >= 0.3 is 0 Å². The van der Waals surface area contributed by atoms with Crippen molar-refractivity contribution in [3.63, 3.8) is 0 Å². The molecule has 0 unspecified atom stereocenters. The molecule has 0 radical (unpaired) electrons. The standard InChI is InChI=1S/C18H19FN2O/c1-12-2-7-15(20)10-17(12)18(22)21(16-8-9-16)11-13-3-5-14(19)6-4-13/h2-7,10,16H,8-9,11,20H2,1H3. The van der Waals surface area contributed by atoms with Crippen LogP contribution in [0.1, 0.15) is 34.3 Å². The van der Waals surface area contributed by atoms with Crippen molar-refractivity contribution in [2.45, 2.75) is 32.4 Å². The molecule has 0 bridgehead atoms. The lowest BCUT2D eigenvalue weighted by atomic mass is 10.1. The van der Waals surface area contributed by atoms with Crippen LogP contribution in [-0.2, 0) is 6.54 Å². The van der Waals surface area contributed by atoms with Gasteiger partial charge in [0.15, 0.2) is 0 Å². The van der Waals surface area contributed by atoms with Crippen molar-refractivity contribution in [3.05, 3.63) is 65.0 Å². The molecule has 2 N–H and O–H groups in total. The molecule has 0 saturated heterocycles. The van der Waals surface area contributed by atoms with Gasteiger partial charge in [-0.05, 0) is 55.2 Å². The maximum absolute atomic E-state index is 13.0. The van der Waals surface area contributed by atoms with E-state index in [1.807, 2.05) is 17.9 Å². The van der Waals surface area contributed by atoms with E-state index in [0.29, 0.717) is 17.8 Å². The lowest BCUT2D eigenvalue weighted by Gasteiger charge is -2.23. The maximum atomic E-state index is 13.0. The Balaban J connectivity index is 1.86. The smallest absolute Gasteiger partial charge is 0.254 e. The van der Waals surface area contributed by atoms with E-state index < -0.39 is 0 Å². The molecule has 1 fully saturated rings. The summed E-state index contributed by atoms with van der Waals surface area (Å²) in [7, 11) is 0. The Morgan fingerprint density at radius 2 is 1.91 bits per heavy atom. The molecule has 1 aliphatic carbocycles. The Bertz CT molecular complexity index is 693. The lowest BCUT2D eigenvalue weighted by Crippen LogP contribution is -2.33. The van der Waals surface area contributed by atoms with Gasteiger partial charge in [0.05, 0.1) is 0 Å². The number of rotatable bonds is 4. The summed E-state index contributed by atoms with van der Waals surface area (Å²) < 4.78 is 13.0. The largest absolute Gasteiger partial charge is 0.399 e. The fourth-order valence-corrected chi connectivity index (χ4v) is 2.56. The normalized spacial score (nSPS) is 13.9. The number of carbonyl (C=O) groups excluding carboxylic acids is 1. The molecule has 1 aliphatic rings. The van der Waals surface area contributed by atoms with Gasteiger partial charge in [-0.25, -0.2) is 4.39 Å². The summed E-state index contributed by atoms with van der Waals surface area (Å²) in [4.78, 5) is 14.7. The van der Waals surface area contributed by atoms with E-state index in [1.165, 1.54) is 12.1 Å². The predicted molar refractivity (Wildman–Crippen MR) is 84.9 cm³/mol. The molecule has 3 nitrogen and oxygen atoms in total. The Kier molecular flexibility index (Phi) is 3.84. The second-order valence-electron chi connectivity index (χ2n) is 5.87. The number of hydrogen-bond donors (Lipinski definition) is 1. The van der Waals surface area contributed by atoms with Crippen molar-refractivity contribution < 1.29 is 9.18 Å². The van der Waals surface area contributed by atoms with Crippen LogP contribution >= 0.6 is 0 Å². The minimum absolute atomic E-state index is 0.00312. The van der Waals surface area contributed by atoms with Crippen LogP contribution < -0.4 is 5.73 Å². The zero-order valence-corrected chi connectivity index (χ0v) is 12.6. The van der Waals surface area contributed by atoms with Gasteiger partial charge in [0.2, 0.25) is 0 Å².